The van der Waals surface area contributed by atoms with Gasteiger partial charge < -0.3 is 0 Å². The molecule has 1 aliphatic rings. The monoisotopic (exact) mass is 277 g/mol. The van der Waals surface area contributed by atoms with Gasteiger partial charge in [-0.15, -0.1) is 0 Å². The Labute approximate surface area is 127 Å². The van der Waals surface area contributed by atoms with Crippen molar-refractivity contribution in [3.63, 3.8) is 0 Å². The lowest BCUT2D eigenvalue weighted by molar-refractivity contribution is 0.292. The van der Waals surface area contributed by atoms with Crippen molar-refractivity contribution in [2.24, 2.45) is 5.92 Å². The third-order valence-electron chi connectivity index (χ3n) is 4.67. The van der Waals surface area contributed by atoms with E-state index >= 15 is 0 Å². The Morgan fingerprint density at radius 2 is 1.48 bits per heavy atom. The van der Waals surface area contributed by atoms with Crippen LogP contribution in [0.2, 0.25) is 0 Å². The Bertz CT molecular complexity index is 602. The standard InChI is InChI=1S/C20H23N/c1-15(2)19-18(16-10-6-4-7-11-16)14-21(3)20(19)17-12-8-5-9-13-17/h4-13,18-20H,1,14H2,2-3H3/t18-,19-,20+/m0/s1. The molecule has 0 N–H and O–H groups in total. The quantitative estimate of drug-likeness (QED) is 0.738. The van der Waals surface area contributed by atoms with Gasteiger partial charge in [-0.2, -0.15) is 0 Å². The van der Waals surface area contributed by atoms with Gasteiger partial charge in [0.15, 0.2) is 0 Å². The van der Waals surface area contributed by atoms with Crippen LogP contribution in [0.5, 0.6) is 0 Å². The van der Waals surface area contributed by atoms with E-state index in [2.05, 4.69) is 86.1 Å². The number of rotatable bonds is 3. The molecule has 1 fully saturated rings. The molecule has 0 radical (unpaired) electrons. The molecule has 2 aromatic carbocycles. The summed E-state index contributed by atoms with van der Waals surface area (Å²) in [6.45, 7) is 7.56. The summed E-state index contributed by atoms with van der Waals surface area (Å²) < 4.78 is 0. The molecular formula is C20H23N. The summed E-state index contributed by atoms with van der Waals surface area (Å²) >= 11 is 0. The Morgan fingerprint density at radius 3 is 2.00 bits per heavy atom. The van der Waals surface area contributed by atoms with Crippen molar-refractivity contribution in [2.75, 3.05) is 13.6 Å². The molecule has 108 valence electrons. The number of hydrogen-bond acceptors (Lipinski definition) is 1. The second-order valence-electron chi connectivity index (χ2n) is 6.18. The van der Waals surface area contributed by atoms with Gasteiger partial charge in [-0.3, -0.25) is 4.90 Å². The summed E-state index contributed by atoms with van der Waals surface area (Å²) in [6, 6.07) is 22.1. The Hall–Kier alpha value is -1.86. The van der Waals surface area contributed by atoms with E-state index in [4.69, 9.17) is 0 Å². The number of nitrogens with zero attached hydrogens (tertiary/aromatic N) is 1. The van der Waals surface area contributed by atoms with Crippen molar-refractivity contribution in [3.8, 4) is 0 Å². The van der Waals surface area contributed by atoms with E-state index in [0.29, 0.717) is 17.9 Å². The van der Waals surface area contributed by atoms with Gasteiger partial charge >= 0.3 is 0 Å². The lowest BCUT2D eigenvalue weighted by atomic mass is 9.79. The minimum Gasteiger partial charge on any atom is -0.298 e. The van der Waals surface area contributed by atoms with Crippen LogP contribution in [-0.2, 0) is 0 Å². The molecule has 0 bridgehead atoms. The molecule has 3 atom stereocenters. The summed E-state index contributed by atoms with van der Waals surface area (Å²) in [6.07, 6.45) is 0. The molecule has 0 unspecified atom stereocenters. The first kappa shape index (κ1) is 14.1. The van der Waals surface area contributed by atoms with E-state index in [1.165, 1.54) is 16.7 Å². The highest BCUT2D eigenvalue weighted by Crippen LogP contribution is 2.47. The Balaban J connectivity index is 2.00. The van der Waals surface area contributed by atoms with Crippen molar-refractivity contribution in [2.45, 2.75) is 18.9 Å². The van der Waals surface area contributed by atoms with Gasteiger partial charge in [-0.25, -0.2) is 0 Å². The van der Waals surface area contributed by atoms with Gasteiger partial charge in [0.25, 0.3) is 0 Å². The minimum absolute atomic E-state index is 0.425. The van der Waals surface area contributed by atoms with Gasteiger partial charge in [-0.05, 0) is 25.1 Å². The average molecular weight is 277 g/mol. The molecule has 1 heteroatoms. The summed E-state index contributed by atoms with van der Waals surface area (Å²) in [5, 5.41) is 0. The fourth-order valence-electron chi connectivity index (χ4n) is 3.77. The van der Waals surface area contributed by atoms with Crippen molar-refractivity contribution in [1.82, 2.24) is 4.90 Å². The molecule has 0 aliphatic carbocycles. The molecular weight excluding hydrogens is 254 g/mol. The van der Waals surface area contributed by atoms with E-state index in [1.807, 2.05) is 0 Å². The fraction of sp³-hybridized carbons (Fsp3) is 0.300. The molecule has 3 rings (SSSR count). The highest BCUT2D eigenvalue weighted by molar-refractivity contribution is 5.32. The smallest absolute Gasteiger partial charge is 0.0416 e. The molecule has 2 aromatic rings. The van der Waals surface area contributed by atoms with Crippen LogP contribution in [-0.4, -0.2) is 18.5 Å². The van der Waals surface area contributed by atoms with Crippen molar-refractivity contribution < 1.29 is 0 Å². The highest BCUT2D eigenvalue weighted by Gasteiger charge is 2.41. The van der Waals surface area contributed by atoms with Gasteiger partial charge in [0.2, 0.25) is 0 Å². The summed E-state index contributed by atoms with van der Waals surface area (Å²) in [4.78, 5) is 2.48. The van der Waals surface area contributed by atoms with Crippen LogP contribution in [0, 0.1) is 5.92 Å². The van der Waals surface area contributed by atoms with Crippen LogP contribution in [0.25, 0.3) is 0 Å². The van der Waals surface area contributed by atoms with E-state index in [1.54, 1.807) is 0 Å². The lowest BCUT2D eigenvalue weighted by Crippen LogP contribution is -2.21. The van der Waals surface area contributed by atoms with E-state index < -0.39 is 0 Å². The van der Waals surface area contributed by atoms with Gasteiger partial charge in [-0.1, -0.05) is 72.8 Å². The first-order valence-electron chi connectivity index (χ1n) is 7.64. The fourth-order valence-corrected chi connectivity index (χ4v) is 3.77. The molecule has 1 aliphatic heterocycles. The molecule has 0 aromatic heterocycles. The second-order valence-corrected chi connectivity index (χ2v) is 6.18. The predicted molar refractivity (Wildman–Crippen MR) is 89.3 cm³/mol. The third-order valence-corrected chi connectivity index (χ3v) is 4.67. The zero-order valence-corrected chi connectivity index (χ0v) is 12.9. The Morgan fingerprint density at radius 1 is 0.952 bits per heavy atom. The van der Waals surface area contributed by atoms with Gasteiger partial charge in [0.05, 0.1) is 0 Å². The molecule has 21 heavy (non-hydrogen) atoms. The lowest BCUT2D eigenvalue weighted by Gasteiger charge is -2.27. The third kappa shape index (κ3) is 2.66. The largest absolute Gasteiger partial charge is 0.298 e. The van der Waals surface area contributed by atoms with Crippen LogP contribution in [0.4, 0.5) is 0 Å². The van der Waals surface area contributed by atoms with Crippen LogP contribution in [0.15, 0.2) is 72.8 Å². The van der Waals surface area contributed by atoms with Crippen LogP contribution < -0.4 is 0 Å². The zero-order chi connectivity index (χ0) is 14.8. The maximum Gasteiger partial charge on any atom is 0.0416 e. The van der Waals surface area contributed by atoms with Crippen molar-refractivity contribution >= 4 is 0 Å². The summed E-state index contributed by atoms with van der Waals surface area (Å²) in [5.41, 5.74) is 4.10. The zero-order valence-electron chi connectivity index (χ0n) is 12.9. The highest BCUT2D eigenvalue weighted by atomic mass is 15.2. The predicted octanol–water partition coefficient (Wildman–Crippen LogP) is 4.65. The SMILES string of the molecule is C=C(C)[C@@H]1[C@@H](c2ccccc2)N(C)C[C@H]1c1ccccc1. The molecule has 1 saturated heterocycles. The molecule has 1 heterocycles. The Kier molecular flexibility index (Phi) is 3.94. The van der Waals surface area contributed by atoms with E-state index in [0.717, 1.165) is 6.54 Å². The van der Waals surface area contributed by atoms with Crippen molar-refractivity contribution in [3.05, 3.63) is 83.9 Å². The summed E-state index contributed by atoms with van der Waals surface area (Å²) in [7, 11) is 2.23. The van der Waals surface area contributed by atoms with Gasteiger partial charge in [0.1, 0.15) is 0 Å². The van der Waals surface area contributed by atoms with E-state index in [9.17, 15) is 0 Å². The van der Waals surface area contributed by atoms with Crippen molar-refractivity contribution in [1.29, 1.82) is 0 Å². The minimum atomic E-state index is 0.425. The number of benzene rings is 2. The van der Waals surface area contributed by atoms with E-state index in [-0.39, 0.29) is 0 Å². The maximum absolute atomic E-state index is 4.30. The first-order valence-corrected chi connectivity index (χ1v) is 7.64. The van der Waals surface area contributed by atoms with Crippen LogP contribution >= 0.6 is 0 Å². The van der Waals surface area contributed by atoms with Gasteiger partial charge in [0, 0.05) is 24.4 Å². The second kappa shape index (κ2) is 5.87. The topological polar surface area (TPSA) is 3.24 Å². The molecule has 0 saturated carbocycles. The summed E-state index contributed by atoms with van der Waals surface area (Å²) in [5.74, 6) is 0.999. The number of likely N-dealkylation sites (tertiary alicyclic amines) is 1. The number of hydrogen-bond donors (Lipinski definition) is 0. The van der Waals surface area contributed by atoms with Crippen LogP contribution in [0.3, 0.4) is 0 Å². The molecule has 1 nitrogen and oxygen atoms in total. The van der Waals surface area contributed by atoms with Crippen LogP contribution in [0.1, 0.15) is 30.0 Å². The number of likely N-dealkylation sites (N-methyl/N-ethyl adjacent to an activating group) is 1. The first-order chi connectivity index (χ1) is 10.2. The normalized spacial score (nSPS) is 25.9. The molecule has 0 amide bonds. The molecule has 0 spiro atoms. The average Bonchev–Trinajstić information content (AvgIpc) is 2.87. The maximum atomic E-state index is 4.30.